The highest BCUT2D eigenvalue weighted by Gasteiger charge is 2.60. The predicted molar refractivity (Wildman–Crippen MR) is 71.7 cm³/mol. The van der Waals surface area contributed by atoms with Gasteiger partial charge in [-0.2, -0.15) is 0 Å². The fourth-order valence-corrected chi connectivity index (χ4v) is 2.60. The third-order valence-electron chi connectivity index (χ3n) is 3.38. The van der Waals surface area contributed by atoms with Crippen molar-refractivity contribution in [2.24, 2.45) is 0 Å². The van der Waals surface area contributed by atoms with E-state index >= 15 is 0 Å². The number of amides is 1. The van der Waals surface area contributed by atoms with Gasteiger partial charge in [0, 0.05) is 6.92 Å². The number of ether oxygens (including phenoxy) is 2. The van der Waals surface area contributed by atoms with Crippen LogP contribution in [-0.2, 0) is 23.9 Å². The lowest BCUT2D eigenvalue weighted by Crippen LogP contribution is -2.61. The van der Waals surface area contributed by atoms with Crippen molar-refractivity contribution < 1.29 is 23.9 Å². The minimum atomic E-state index is -1.68. The highest BCUT2D eigenvalue weighted by molar-refractivity contribution is 6.08. The molecule has 6 heteroatoms. The maximum Gasteiger partial charge on any atom is 0.343 e. The van der Waals surface area contributed by atoms with Crippen LogP contribution in [0.15, 0.2) is 12.7 Å². The van der Waals surface area contributed by atoms with Crippen LogP contribution in [0.25, 0.3) is 0 Å². The van der Waals surface area contributed by atoms with Gasteiger partial charge in [0.2, 0.25) is 11.4 Å². The highest BCUT2D eigenvalue weighted by atomic mass is 16.6. The fourth-order valence-electron chi connectivity index (χ4n) is 2.60. The first-order valence-corrected chi connectivity index (χ1v) is 6.72. The molecule has 0 aromatic carbocycles. The van der Waals surface area contributed by atoms with E-state index in [1.165, 1.54) is 11.8 Å². The molecule has 112 valence electrons. The van der Waals surface area contributed by atoms with Crippen molar-refractivity contribution >= 4 is 17.8 Å². The highest BCUT2D eigenvalue weighted by Crippen LogP contribution is 2.37. The molecule has 0 radical (unpaired) electrons. The van der Waals surface area contributed by atoms with Crippen LogP contribution in [0, 0.1) is 0 Å². The lowest BCUT2D eigenvalue weighted by atomic mass is 9.96. The minimum Gasteiger partial charge on any atom is -0.464 e. The van der Waals surface area contributed by atoms with Gasteiger partial charge in [0.25, 0.3) is 0 Å². The first kappa shape index (κ1) is 16.2. The molecule has 20 heavy (non-hydrogen) atoms. The summed E-state index contributed by atoms with van der Waals surface area (Å²) in [7, 11) is 0. The zero-order chi connectivity index (χ0) is 15.3. The van der Waals surface area contributed by atoms with Crippen molar-refractivity contribution in [2.45, 2.75) is 45.2 Å². The summed E-state index contributed by atoms with van der Waals surface area (Å²) in [5.41, 5.74) is -1.68. The molecule has 1 aliphatic heterocycles. The molecule has 0 aromatic rings. The SMILES string of the molecule is C=CC1CCC(C(=O)OCC)(C(=O)OCC)N1C(C)=O. The van der Waals surface area contributed by atoms with E-state index < -0.39 is 17.5 Å². The molecule has 1 heterocycles. The Kier molecular flexibility index (Phi) is 5.30. The van der Waals surface area contributed by atoms with Crippen LogP contribution in [-0.4, -0.2) is 47.5 Å². The topological polar surface area (TPSA) is 72.9 Å². The van der Waals surface area contributed by atoms with Gasteiger partial charge in [0.15, 0.2) is 0 Å². The summed E-state index contributed by atoms with van der Waals surface area (Å²) in [5.74, 6) is -1.86. The zero-order valence-electron chi connectivity index (χ0n) is 12.2. The standard InChI is InChI=1S/C14H21NO5/c1-5-11-8-9-14(12(17)19-6-2,13(18)20-7-3)15(11)10(4)16/h5,11H,1,6-9H2,2-4H3. The second-order valence-electron chi connectivity index (χ2n) is 4.53. The molecule has 1 saturated heterocycles. The van der Waals surface area contributed by atoms with E-state index in [9.17, 15) is 14.4 Å². The van der Waals surface area contributed by atoms with Crippen LogP contribution in [0.1, 0.15) is 33.6 Å². The minimum absolute atomic E-state index is 0.129. The lowest BCUT2D eigenvalue weighted by Gasteiger charge is -2.35. The average Bonchev–Trinajstić information content (AvgIpc) is 2.79. The smallest absolute Gasteiger partial charge is 0.343 e. The number of esters is 2. The van der Waals surface area contributed by atoms with Gasteiger partial charge in [-0.3, -0.25) is 4.79 Å². The molecule has 1 fully saturated rings. The number of carbonyl (C=O) groups is 3. The van der Waals surface area contributed by atoms with E-state index in [0.717, 1.165) is 0 Å². The Morgan fingerprint density at radius 3 is 2.10 bits per heavy atom. The van der Waals surface area contributed by atoms with Gasteiger partial charge in [0.1, 0.15) is 0 Å². The third kappa shape index (κ3) is 2.55. The number of carbonyl (C=O) groups excluding carboxylic acids is 3. The van der Waals surface area contributed by atoms with Gasteiger partial charge in [0.05, 0.1) is 19.3 Å². The summed E-state index contributed by atoms with van der Waals surface area (Å²) in [6, 6.07) is -0.374. The molecule has 1 aliphatic rings. The number of hydrogen-bond acceptors (Lipinski definition) is 5. The van der Waals surface area contributed by atoms with Gasteiger partial charge >= 0.3 is 11.9 Å². The number of nitrogens with zero attached hydrogens (tertiary/aromatic N) is 1. The summed E-state index contributed by atoms with van der Waals surface area (Å²) >= 11 is 0. The van der Waals surface area contributed by atoms with Crippen LogP contribution in [0.5, 0.6) is 0 Å². The van der Waals surface area contributed by atoms with Crippen molar-refractivity contribution in [1.29, 1.82) is 0 Å². The second kappa shape index (κ2) is 6.54. The molecule has 1 rings (SSSR count). The quantitative estimate of drug-likeness (QED) is 0.428. The fraction of sp³-hybridized carbons (Fsp3) is 0.643. The van der Waals surface area contributed by atoms with E-state index in [-0.39, 0.29) is 31.6 Å². The molecule has 1 atom stereocenters. The Bertz CT molecular complexity index is 400. The van der Waals surface area contributed by atoms with Crippen molar-refractivity contribution in [1.82, 2.24) is 4.90 Å². The Morgan fingerprint density at radius 1 is 1.25 bits per heavy atom. The van der Waals surface area contributed by atoms with Crippen LogP contribution < -0.4 is 0 Å². The predicted octanol–water partition coefficient (Wildman–Crippen LogP) is 1.05. The molecule has 1 amide bonds. The van der Waals surface area contributed by atoms with E-state index in [1.807, 2.05) is 0 Å². The maximum absolute atomic E-state index is 12.3. The largest absolute Gasteiger partial charge is 0.464 e. The summed E-state index contributed by atoms with van der Waals surface area (Å²) < 4.78 is 10.0. The van der Waals surface area contributed by atoms with Crippen molar-refractivity contribution in [2.75, 3.05) is 13.2 Å². The van der Waals surface area contributed by atoms with E-state index in [0.29, 0.717) is 6.42 Å². The third-order valence-corrected chi connectivity index (χ3v) is 3.38. The zero-order valence-corrected chi connectivity index (χ0v) is 12.2. The molecule has 0 saturated carbocycles. The maximum atomic E-state index is 12.3. The molecule has 0 spiro atoms. The molecule has 0 aliphatic carbocycles. The van der Waals surface area contributed by atoms with Crippen LogP contribution in [0.3, 0.4) is 0 Å². The van der Waals surface area contributed by atoms with Crippen molar-refractivity contribution in [3.8, 4) is 0 Å². The van der Waals surface area contributed by atoms with Gasteiger partial charge < -0.3 is 14.4 Å². The van der Waals surface area contributed by atoms with Crippen molar-refractivity contribution in [3.63, 3.8) is 0 Å². The summed E-state index contributed by atoms with van der Waals surface area (Å²) in [4.78, 5) is 37.8. The normalized spacial score (nSPS) is 20.4. The number of likely N-dealkylation sites (tertiary alicyclic amines) is 1. The van der Waals surface area contributed by atoms with E-state index in [4.69, 9.17) is 9.47 Å². The van der Waals surface area contributed by atoms with Crippen LogP contribution >= 0.6 is 0 Å². The lowest BCUT2D eigenvalue weighted by molar-refractivity contribution is -0.176. The molecule has 1 unspecified atom stereocenters. The van der Waals surface area contributed by atoms with Gasteiger partial charge in [-0.15, -0.1) is 6.58 Å². The average molecular weight is 283 g/mol. The molecular formula is C14H21NO5. The Hall–Kier alpha value is -1.85. The molecule has 0 bridgehead atoms. The summed E-state index contributed by atoms with van der Waals surface area (Å²) in [5, 5.41) is 0. The first-order chi connectivity index (χ1) is 9.45. The summed E-state index contributed by atoms with van der Waals surface area (Å²) in [6.07, 6.45) is 2.21. The van der Waals surface area contributed by atoms with E-state index in [2.05, 4.69) is 6.58 Å². The molecule has 6 nitrogen and oxygen atoms in total. The van der Waals surface area contributed by atoms with Gasteiger partial charge in [-0.05, 0) is 26.7 Å². The Balaban J connectivity index is 3.28. The van der Waals surface area contributed by atoms with Gasteiger partial charge in [-0.1, -0.05) is 6.08 Å². The van der Waals surface area contributed by atoms with Crippen molar-refractivity contribution in [3.05, 3.63) is 12.7 Å². The number of rotatable bonds is 5. The first-order valence-electron chi connectivity index (χ1n) is 6.72. The van der Waals surface area contributed by atoms with Crippen LogP contribution in [0.4, 0.5) is 0 Å². The summed E-state index contributed by atoms with van der Waals surface area (Å²) in [6.45, 7) is 8.52. The molecule has 0 aromatic heterocycles. The number of hydrogen-bond donors (Lipinski definition) is 0. The van der Waals surface area contributed by atoms with E-state index in [1.54, 1.807) is 19.9 Å². The second-order valence-corrected chi connectivity index (χ2v) is 4.53. The Labute approximate surface area is 118 Å². The molecule has 0 N–H and O–H groups in total. The molecular weight excluding hydrogens is 262 g/mol. The van der Waals surface area contributed by atoms with Gasteiger partial charge in [-0.25, -0.2) is 9.59 Å². The Morgan fingerprint density at radius 2 is 1.75 bits per heavy atom. The monoisotopic (exact) mass is 283 g/mol. The van der Waals surface area contributed by atoms with Crippen LogP contribution in [0.2, 0.25) is 0 Å².